The second kappa shape index (κ2) is 6.58. The molecule has 18 heavy (non-hydrogen) atoms. The van der Waals surface area contributed by atoms with Crippen LogP contribution in [0.5, 0.6) is 0 Å². The van der Waals surface area contributed by atoms with E-state index in [1.165, 1.54) is 4.90 Å². The summed E-state index contributed by atoms with van der Waals surface area (Å²) in [6.45, 7) is 3.06. The molecule has 1 fully saturated rings. The van der Waals surface area contributed by atoms with Gasteiger partial charge in [0.1, 0.15) is 0 Å². The van der Waals surface area contributed by atoms with E-state index in [4.69, 9.17) is 5.11 Å². The maximum Gasteiger partial charge on any atom is 0.319 e. The first-order valence-electron chi connectivity index (χ1n) is 6.33. The van der Waals surface area contributed by atoms with Crippen molar-refractivity contribution in [2.75, 3.05) is 33.7 Å². The van der Waals surface area contributed by atoms with Gasteiger partial charge >= 0.3 is 6.03 Å². The minimum Gasteiger partial charge on any atom is -0.392 e. The van der Waals surface area contributed by atoms with Gasteiger partial charge in [-0.1, -0.05) is 0 Å². The van der Waals surface area contributed by atoms with E-state index in [0.717, 1.165) is 12.8 Å². The highest BCUT2D eigenvalue weighted by atomic mass is 16.3. The normalized spacial score (nSPS) is 21.3. The molecule has 0 aromatic heterocycles. The number of hydrogen-bond donors (Lipinski definition) is 2. The van der Waals surface area contributed by atoms with Crippen molar-refractivity contribution in [2.45, 2.75) is 25.9 Å². The van der Waals surface area contributed by atoms with Crippen LogP contribution in [-0.2, 0) is 4.79 Å². The van der Waals surface area contributed by atoms with Crippen LogP contribution in [-0.4, -0.2) is 66.7 Å². The molecule has 0 aliphatic carbocycles. The molecule has 0 radical (unpaired) electrons. The van der Waals surface area contributed by atoms with Gasteiger partial charge in [-0.2, -0.15) is 0 Å². The number of rotatable bonds is 3. The first-order chi connectivity index (χ1) is 8.41. The summed E-state index contributed by atoms with van der Waals surface area (Å²) in [6.07, 6.45) is 1.09. The van der Waals surface area contributed by atoms with Gasteiger partial charge in [0, 0.05) is 33.7 Å². The number of aliphatic hydroxyl groups is 1. The Labute approximate surface area is 108 Å². The van der Waals surface area contributed by atoms with E-state index in [9.17, 15) is 9.59 Å². The van der Waals surface area contributed by atoms with E-state index in [1.807, 2.05) is 0 Å². The molecule has 1 heterocycles. The summed E-state index contributed by atoms with van der Waals surface area (Å²) in [6, 6.07) is -0.0528. The summed E-state index contributed by atoms with van der Waals surface area (Å²) >= 11 is 0. The molecule has 1 aliphatic heterocycles. The van der Waals surface area contributed by atoms with E-state index < -0.39 is 6.10 Å². The lowest BCUT2D eigenvalue weighted by Crippen LogP contribution is -2.49. The largest absolute Gasteiger partial charge is 0.392 e. The molecule has 0 saturated carbocycles. The smallest absolute Gasteiger partial charge is 0.319 e. The third-order valence-corrected chi connectivity index (χ3v) is 3.02. The fraction of sp³-hybridized carbons (Fsp3) is 0.833. The lowest BCUT2D eigenvalue weighted by atomic mass is 9.97. The Balaban J connectivity index is 2.48. The second-order valence-electron chi connectivity index (χ2n) is 5.06. The number of carbonyl (C=O) groups excluding carboxylic acids is 2. The van der Waals surface area contributed by atoms with E-state index in [0.29, 0.717) is 13.1 Å². The fourth-order valence-corrected chi connectivity index (χ4v) is 2.04. The highest BCUT2D eigenvalue weighted by molar-refractivity contribution is 5.80. The molecule has 1 aliphatic rings. The van der Waals surface area contributed by atoms with Crippen LogP contribution in [0.4, 0.5) is 4.79 Å². The van der Waals surface area contributed by atoms with Crippen LogP contribution in [0.1, 0.15) is 19.8 Å². The summed E-state index contributed by atoms with van der Waals surface area (Å²) in [7, 11) is 3.42. The lowest BCUT2D eigenvalue weighted by Gasteiger charge is -2.33. The highest BCUT2D eigenvalue weighted by Crippen LogP contribution is 2.17. The Morgan fingerprint density at radius 2 is 2.17 bits per heavy atom. The zero-order valence-electron chi connectivity index (χ0n) is 11.3. The molecule has 0 spiro atoms. The predicted molar refractivity (Wildman–Crippen MR) is 68.1 cm³/mol. The van der Waals surface area contributed by atoms with E-state index in [2.05, 4.69) is 5.32 Å². The minimum atomic E-state index is -0.544. The van der Waals surface area contributed by atoms with Gasteiger partial charge in [0.05, 0.1) is 12.0 Å². The maximum atomic E-state index is 11.9. The zero-order chi connectivity index (χ0) is 13.7. The van der Waals surface area contributed by atoms with Gasteiger partial charge in [0.15, 0.2) is 0 Å². The number of piperidine rings is 1. The molecule has 2 N–H and O–H groups in total. The summed E-state index contributed by atoms with van der Waals surface area (Å²) in [5.74, 6) is -0.242. The van der Waals surface area contributed by atoms with Crippen molar-refractivity contribution >= 4 is 11.9 Å². The van der Waals surface area contributed by atoms with Gasteiger partial charge < -0.3 is 20.2 Å². The molecule has 0 bridgehead atoms. The highest BCUT2D eigenvalue weighted by Gasteiger charge is 2.28. The Kier molecular flexibility index (Phi) is 5.40. The molecule has 104 valence electrons. The van der Waals surface area contributed by atoms with Crippen LogP contribution in [0.3, 0.4) is 0 Å². The lowest BCUT2D eigenvalue weighted by molar-refractivity contribution is -0.126. The van der Waals surface area contributed by atoms with Gasteiger partial charge in [-0.3, -0.25) is 4.79 Å². The molecule has 0 aromatic rings. The predicted octanol–water partition coefficient (Wildman–Crippen LogP) is -0.123. The second-order valence-corrected chi connectivity index (χ2v) is 5.06. The molecule has 6 heteroatoms. The van der Waals surface area contributed by atoms with Crippen molar-refractivity contribution in [2.24, 2.45) is 5.92 Å². The summed E-state index contributed by atoms with van der Waals surface area (Å²) in [5, 5.41) is 11.8. The van der Waals surface area contributed by atoms with Crippen LogP contribution >= 0.6 is 0 Å². The first-order valence-corrected chi connectivity index (χ1v) is 6.33. The average Bonchev–Trinajstić information content (AvgIpc) is 2.34. The molecule has 1 saturated heterocycles. The molecular weight excluding hydrogens is 234 g/mol. The topological polar surface area (TPSA) is 72.9 Å². The zero-order valence-corrected chi connectivity index (χ0v) is 11.3. The Morgan fingerprint density at radius 3 is 2.72 bits per heavy atom. The number of likely N-dealkylation sites (tertiary alicyclic amines) is 1. The number of carbonyl (C=O) groups is 2. The quantitative estimate of drug-likeness (QED) is 0.740. The number of hydrogen-bond acceptors (Lipinski definition) is 3. The Hall–Kier alpha value is -1.30. The number of amides is 3. The molecule has 3 amide bonds. The third kappa shape index (κ3) is 4.18. The van der Waals surface area contributed by atoms with Crippen LogP contribution in [0.25, 0.3) is 0 Å². The minimum absolute atomic E-state index is 0.0528. The van der Waals surface area contributed by atoms with Gasteiger partial charge in [0.2, 0.25) is 5.91 Å². The molecule has 1 rings (SSSR count). The van der Waals surface area contributed by atoms with E-state index >= 15 is 0 Å². The summed E-state index contributed by atoms with van der Waals surface area (Å²) in [4.78, 5) is 26.9. The number of nitrogens with one attached hydrogen (secondary N) is 1. The maximum absolute atomic E-state index is 11.9. The van der Waals surface area contributed by atoms with Crippen molar-refractivity contribution in [1.82, 2.24) is 15.1 Å². The Bertz CT molecular complexity index is 305. The molecular formula is C12H23N3O3. The van der Waals surface area contributed by atoms with Crippen molar-refractivity contribution in [3.63, 3.8) is 0 Å². The number of urea groups is 1. The van der Waals surface area contributed by atoms with Gasteiger partial charge in [-0.15, -0.1) is 0 Å². The van der Waals surface area contributed by atoms with E-state index in [-0.39, 0.29) is 24.4 Å². The number of aliphatic hydroxyl groups excluding tert-OH is 1. The van der Waals surface area contributed by atoms with Crippen molar-refractivity contribution in [3.8, 4) is 0 Å². The standard InChI is InChI=1S/C12H23N3O3/c1-9(16)7-13-11(17)10-5-4-6-15(8-10)12(18)14(2)3/h9-10,16H,4-8H2,1-3H3,(H,13,17)/t9-,10?/m1/s1. The van der Waals surface area contributed by atoms with Crippen LogP contribution in [0, 0.1) is 5.92 Å². The van der Waals surface area contributed by atoms with Crippen LogP contribution in [0.2, 0.25) is 0 Å². The molecule has 1 unspecified atom stereocenters. The van der Waals surface area contributed by atoms with Crippen molar-refractivity contribution in [1.29, 1.82) is 0 Å². The molecule has 0 aromatic carbocycles. The summed E-state index contributed by atoms with van der Waals surface area (Å²) in [5.41, 5.74) is 0. The van der Waals surface area contributed by atoms with E-state index in [1.54, 1.807) is 25.9 Å². The van der Waals surface area contributed by atoms with Crippen molar-refractivity contribution < 1.29 is 14.7 Å². The van der Waals surface area contributed by atoms with Crippen LogP contribution in [0.15, 0.2) is 0 Å². The average molecular weight is 257 g/mol. The molecule has 6 nitrogen and oxygen atoms in total. The molecule has 2 atom stereocenters. The van der Waals surface area contributed by atoms with Crippen molar-refractivity contribution in [3.05, 3.63) is 0 Å². The van der Waals surface area contributed by atoms with Gasteiger partial charge in [-0.25, -0.2) is 4.79 Å². The first kappa shape index (κ1) is 14.8. The number of nitrogens with zero attached hydrogens (tertiary/aromatic N) is 2. The monoisotopic (exact) mass is 257 g/mol. The SMILES string of the molecule is C[C@@H](O)CNC(=O)C1CCCN(C(=O)N(C)C)C1. The third-order valence-electron chi connectivity index (χ3n) is 3.02. The Morgan fingerprint density at radius 1 is 1.50 bits per heavy atom. The van der Waals surface area contributed by atoms with Gasteiger partial charge in [-0.05, 0) is 19.8 Å². The summed E-state index contributed by atoms with van der Waals surface area (Å²) < 4.78 is 0. The van der Waals surface area contributed by atoms with Crippen LogP contribution < -0.4 is 5.32 Å². The van der Waals surface area contributed by atoms with Gasteiger partial charge in [0.25, 0.3) is 0 Å². The fourth-order valence-electron chi connectivity index (χ4n) is 2.04.